The Bertz CT molecular complexity index is 1500. The van der Waals surface area contributed by atoms with Gasteiger partial charge in [-0.1, -0.05) is 41.9 Å². The molecule has 1 aliphatic heterocycles. The molecule has 0 bridgehead atoms. The van der Waals surface area contributed by atoms with Crippen molar-refractivity contribution < 1.29 is 19.1 Å². The van der Waals surface area contributed by atoms with Crippen LogP contribution in [-0.4, -0.2) is 35.9 Å². The molecule has 2 heterocycles. The summed E-state index contributed by atoms with van der Waals surface area (Å²) in [6.07, 6.45) is 0. The van der Waals surface area contributed by atoms with Gasteiger partial charge in [0.2, 0.25) is 0 Å². The number of carbonyl (C=O) groups is 2. The topological polar surface area (TPSA) is 123 Å². The van der Waals surface area contributed by atoms with Crippen molar-refractivity contribution in [3.05, 3.63) is 99.2 Å². The van der Waals surface area contributed by atoms with Crippen LogP contribution in [-0.2, 0) is 19.1 Å². The number of aryl methyl sites for hydroxylation is 2. The molecular formula is C27H24ClN5O4. The van der Waals surface area contributed by atoms with Crippen molar-refractivity contribution in [2.24, 2.45) is 5.73 Å². The molecule has 1 aliphatic rings. The Morgan fingerprint density at radius 3 is 2.27 bits per heavy atom. The van der Waals surface area contributed by atoms with E-state index in [1.54, 1.807) is 53.2 Å². The first-order chi connectivity index (χ1) is 17.7. The van der Waals surface area contributed by atoms with Gasteiger partial charge >= 0.3 is 11.9 Å². The fraction of sp³-hybridized carbons (Fsp3) is 0.185. The van der Waals surface area contributed by atoms with Crippen molar-refractivity contribution in [1.82, 2.24) is 9.78 Å². The van der Waals surface area contributed by atoms with Crippen LogP contribution < -0.4 is 10.6 Å². The predicted molar refractivity (Wildman–Crippen MR) is 138 cm³/mol. The number of hydrogen-bond donors (Lipinski definition) is 1. The minimum Gasteiger partial charge on any atom is -0.466 e. The van der Waals surface area contributed by atoms with Crippen LogP contribution in [0.3, 0.4) is 0 Å². The van der Waals surface area contributed by atoms with Gasteiger partial charge in [0, 0.05) is 11.4 Å². The zero-order valence-electron chi connectivity index (χ0n) is 20.7. The molecule has 0 radical (unpaired) electrons. The normalized spacial score (nSPS) is 15.5. The highest BCUT2D eigenvalue weighted by molar-refractivity contribution is 6.32. The van der Waals surface area contributed by atoms with E-state index in [2.05, 4.69) is 11.2 Å². The van der Waals surface area contributed by atoms with Gasteiger partial charge in [-0.3, -0.25) is 4.90 Å². The number of nitriles is 1. The molecule has 0 spiro atoms. The van der Waals surface area contributed by atoms with Gasteiger partial charge in [-0.2, -0.15) is 10.4 Å². The van der Waals surface area contributed by atoms with Crippen molar-refractivity contribution in [2.45, 2.75) is 19.8 Å². The third-order valence-corrected chi connectivity index (χ3v) is 6.34. The largest absolute Gasteiger partial charge is 0.466 e. The van der Waals surface area contributed by atoms with Crippen molar-refractivity contribution in [2.75, 3.05) is 19.1 Å². The summed E-state index contributed by atoms with van der Waals surface area (Å²) >= 11 is 6.66. The second-order valence-electron chi connectivity index (χ2n) is 8.31. The molecule has 0 aliphatic carbocycles. The lowest BCUT2D eigenvalue weighted by Gasteiger charge is -2.36. The number of benzene rings is 2. The molecule has 1 aromatic heterocycles. The molecule has 0 saturated heterocycles. The van der Waals surface area contributed by atoms with Gasteiger partial charge in [0.1, 0.15) is 11.5 Å². The molecule has 1 atom stereocenters. The smallest absolute Gasteiger partial charge is 0.355 e. The Balaban J connectivity index is 1.99. The van der Waals surface area contributed by atoms with E-state index in [0.29, 0.717) is 22.0 Å². The van der Waals surface area contributed by atoms with Crippen LogP contribution in [0.5, 0.6) is 0 Å². The maximum absolute atomic E-state index is 13.2. The minimum absolute atomic E-state index is 0.0423. The lowest BCUT2D eigenvalue weighted by molar-refractivity contribution is -0.139. The summed E-state index contributed by atoms with van der Waals surface area (Å²) < 4.78 is 11.8. The van der Waals surface area contributed by atoms with Crippen molar-refractivity contribution in [1.29, 1.82) is 5.26 Å². The van der Waals surface area contributed by atoms with E-state index < -0.39 is 17.9 Å². The molecule has 1 unspecified atom stereocenters. The van der Waals surface area contributed by atoms with E-state index in [0.717, 1.165) is 11.4 Å². The Kier molecular flexibility index (Phi) is 7.05. The highest BCUT2D eigenvalue weighted by Gasteiger charge is 2.43. The summed E-state index contributed by atoms with van der Waals surface area (Å²) in [6, 6.07) is 17.8. The summed E-state index contributed by atoms with van der Waals surface area (Å²) in [5.41, 5.74) is 9.59. The van der Waals surface area contributed by atoms with E-state index in [1.165, 1.54) is 19.1 Å². The Morgan fingerprint density at radius 1 is 1.05 bits per heavy atom. The van der Waals surface area contributed by atoms with Crippen LogP contribution in [0.25, 0.3) is 5.69 Å². The van der Waals surface area contributed by atoms with Gasteiger partial charge in [0.15, 0.2) is 0 Å². The molecule has 0 fully saturated rings. The van der Waals surface area contributed by atoms with Crippen LogP contribution in [0, 0.1) is 25.2 Å². The summed E-state index contributed by atoms with van der Waals surface area (Å²) in [6.45, 7) is 3.78. The molecule has 2 N–H and O–H groups in total. The van der Waals surface area contributed by atoms with E-state index in [-0.39, 0.29) is 22.7 Å². The molecule has 2 aromatic carbocycles. The second kappa shape index (κ2) is 10.2. The fourth-order valence-electron chi connectivity index (χ4n) is 4.46. The molecule has 3 aromatic rings. The second-order valence-corrected chi connectivity index (χ2v) is 8.72. The van der Waals surface area contributed by atoms with Crippen LogP contribution >= 0.6 is 11.6 Å². The molecule has 9 nitrogen and oxygen atoms in total. The number of carbonyl (C=O) groups excluding carboxylic acids is 2. The first kappa shape index (κ1) is 25.5. The number of esters is 2. The van der Waals surface area contributed by atoms with Gasteiger partial charge < -0.3 is 15.2 Å². The maximum Gasteiger partial charge on any atom is 0.355 e. The van der Waals surface area contributed by atoms with Crippen molar-refractivity contribution in [3.63, 3.8) is 0 Å². The molecule has 10 heteroatoms. The van der Waals surface area contributed by atoms with Crippen LogP contribution in [0.2, 0.25) is 5.02 Å². The van der Waals surface area contributed by atoms with E-state index in [4.69, 9.17) is 26.8 Å². The lowest BCUT2D eigenvalue weighted by atomic mass is 9.81. The summed E-state index contributed by atoms with van der Waals surface area (Å²) in [5, 5.41) is 14.9. The Labute approximate surface area is 218 Å². The first-order valence-corrected chi connectivity index (χ1v) is 11.6. The number of ether oxygens (including phenoxy) is 2. The molecular weight excluding hydrogens is 494 g/mol. The molecule has 0 amide bonds. The third-order valence-electron chi connectivity index (χ3n) is 6.04. The maximum atomic E-state index is 13.2. The molecule has 37 heavy (non-hydrogen) atoms. The monoisotopic (exact) mass is 517 g/mol. The number of halogens is 1. The number of hydrogen-bond acceptors (Lipinski definition) is 8. The van der Waals surface area contributed by atoms with Crippen molar-refractivity contribution >= 4 is 29.2 Å². The highest BCUT2D eigenvalue weighted by atomic mass is 35.5. The number of allylic oxidation sites excluding steroid dienone is 1. The average Bonchev–Trinajstić information content (AvgIpc) is 3.24. The standard InChI is InChI=1S/C27H24ClN5O4/c1-15-12-16(2)33(31-15)21-11-10-18(13-20(21)28)32-24(27(35)37-4)23(26(34)36-3)22(19(14-29)25(32)30)17-8-6-5-7-9-17/h5-13,22H,30H2,1-4H3. The first-order valence-electron chi connectivity index (χ1n) is 11.2. The van der Waals surface area contributed by atoms with E-state index >= 15 is 0 Å². The summed E-state index contributed by atoms with van der Waals surface area (Å²) in [4.78, 5) is 27.6. The Hall–Kier alpha value is -4.55. The van der Waals surface area contributed by atoms with Crippen LogP contribution in [0.4, 0.5) is 5.69 Å². The average molecular weight is 518 g/mol. The Morgan fingerprint density at radius 2 is 1.73 bits per heavy atom. The zero-order chi connectivity index (χ0) is 26.9. The van der Waals surface area contributed by atoms with Crippen molar-refractivity contribution in [3.8, 4) is 11.8 Å². The lowest BCUT2D eigenvalue weighted by Crippen LogP contribution is -2.40. The van der Waals surface area contributed by atoms with Gasteiger partial charge in [-0.25, -0.2) is 14.3 Å². The number of methoxy groups -OCH3 is 2. The number of nitrogens with zero attached hydrogens (tertiary/aromatic N) is 4. The van der Waals surface area contributed by atoms with Gasteiger partial charge in [-0.05, 0) is 43.7 Å². The van der Waals surface area contributed by atoms with Gasteiger partial charge in [0.25, 0.3) is 0 Å². The summed E-state index contributed by atoms with van der Waals surface area (Å²) in [5.74, 6) is -2.63. The number of nitrogens with two attached hydrogens (primary N) is 1. The molecule has 4 rings (SSSR count). The SMILES string of the molecule is COC(=O)C1=C(C(=O)OC)N(c2ccc(-n3nc(C)cc3C)c(Cl)c2)C(N)=C(C#N)C1c1ccccc1. The molecule has 0 saturated carbocycles. The van der Waals surface area contributed by atoms with Gasteiger partial charge in [-0.15, -0.1) is 0 Å². The van der Waals surface area contributed by atoms with E-state index in [1.807, 2.05) is 19.9 Å². The van der Waals surface area contributed by atoms with E-state index in [9.17, 15) is 14.9 Å². The zero-order valence-corrected chi connectivity index (χ0v) is 21.4. The van der Waals surface area contributed by atoms with Crippen LogP contribution in [0.15, 0.2) is 77.3 Å². The third kappa shape index (κ3) is 4.43. The predicted octanol–water partition coefficient (Wildman–Crippen LogP) is 4.04. The van der Waals surface area contributed by atoms with Gasteiger partial charge in [0.05, 0.1) is 53.8 Å². The number of anilines is 1. The highest BCUT2D eigenvalue weighted by Crippen LogP contribution is 2.43. The quantitative estimate of drug-likeness (QED) is 0.503. The number of aromatic nitrogens is 2. The minimum atomic E-state index is -0.951. The van der Waals surface area contributed by atoms with Crippen LogP contribution in [0.1, 0.15) is 22.9 Å². The summed E-state index contributed by atoms with van der Waals surface area (Å²) in [7, 11) is 2.39. The number of rotatable bonds is 5. The molecule has 188 valence electrons. The fourth-order valence-corrected chi connectivity index (χ4v) is 4.72.